The summed E-state index contributed by atoms with van der Waals surface area (Å²) in [6.07, 6.45) is 0.0690. The van der Waals surface area contributed by atoms with Crippen LogP contribution in [0.25, 0.3) is 22.6 Å². The Labute approximate surface area is 204 Å². The van der Waals surface area contributed by atoms with Crippen LogP contribution in [0.2, 0.25) is 0 Å². The van der Waals surface area contributed by atoms with Crippen molar-refractivity contribution >= 4 is 40.0 Å². The van der Waals surface area contributed by atoms with E-state index in [4.69, 9.17) is 21.4 Å². The second kappa shape index (κ2) is 10.1. The van der Waals surface area contributed by atoms with Crippen molar-refractivity contribution in [3.8, 4) is 17.2 Å². The lowest BCUT2D eigenvalue weighted by atomic mass is 10.0. The molecule has 0 aliphatic heterocycles. The van der Waals surface area contributed by atoms with Gasteiger partial charge in [-0.1, -0.05) is 26.0 Å². The van der Waals surface area contributed by atoms with Crippen LogP contribution in [0.5, 0.6) is 5.75 Å². The van der Waals surface area contributed by atoms with Gasteiger partial charge in [0.2, 0.25) is 5.89 Å². The van der Waals surface area contributed by atoms with Gasteiger partial charge in [0, 0.05) is 16.8 Å². The van der Waals surface area contributed by atoms with Crippen molar-refractivity contribution in [1.29, 1.82) is 0 Å². The van der Waals surface area contributed by atoms with Gasteiger partial charge in [0.1, 0.15) is 11.3 Å². The van der Waals surface area contributed by atoms with Crippen LogP contribution in [-0.2, 0) is 0 Å². The summed E-state index contributed by atoms with van der Waals surface area (Å²) in [4.78, 5) is 17.2. The normalized spacial score (nSPS) is 11.1. The molecule has 34 heavy (non-hydrogen) atoms. The minimum Gasteiger partial charge on any atom is -0.491 e. The Morgan fingerprint density at radius 3 is 2.47 bits per heavy atom. The number of oxazole rings is 1. The van der Waals surface area contributed by atoms with Gasteiger partial charge in [0.15, 0.2) is 10.7 Å². The van der Waals surface area contributed by atoms with Gasteiger partial charge in [-0.15, -0.1) is 0 Å². The Morgan fingerprint density at radius 1 is 1.00 bits per heavy atom. The first-order chi connectivity index (χ1) is 16.3. The Kier molecular flexibility index (Phi) is 6.93. The number of carbonyl (C=O) groups excluding carboxylic acids is 1. The molecule has 4 rings (SSSR count). The molecule has 0 radical (unpaired) electrons. The zero-order chi connectivity index (χ0) is 24.2. The molecule has 1 aromatic heterocycles. The third kappa shape index (κ3) is 5.61. The monoisotopic (exact) mass is 473 g/mol. The summed E-state index contributed by atoms with van der Waals surface area (Å²) in [5, 5.41) is 5.96. The number of rotatable bonds is 6. The molecule has 174 valence electrons. The molecule has 0 saturated carbocycles. The summed E-state index contributed by atoms with van der Waals surface area (Å²) in [6.45, 7) is 8.20. The number of carbonyl (C=O) groups is 1. The van der Waals surface area contributed by atoms with Gasteiger partial charge in [-0.05, 0) is 92.1 Å². The lowest BCUT2D eigenvalue weighted by Gasteiger charge is -2.12. The zero-order valence-electron chi connectivity index (χ0n) is 19.6. The number of anilines is 1. The number of nitrogens with zero attached hydrogens (tertiary/aromatic N) is 1. The van der Waals surface area contributed by atoms with E-state index < -0.39 is 0 Å². The second-order valence-corrected chi connectivity index (χ2v) is 8.99. The van der Waals surface area contributed by atoms with Gasteiger partial charge in [-0.2, -0.15) is 0 Å². The molecule has 0 aliphatic rings. The molecule has 0 unspecified atom stereocenters. The third-order valence-corrected chi connectivity index (χ3v) is 5.37. The predicted octanol–water partition coefficient (Wildman–Crippen LogP) is 6.53. The lowest BCUT2D eigenvalue weighted by Crippen LogP contribution is -2.34. The van der Waals surface area contributed by atoms with Crippen molar-refractivity contribution in [3.63, 3.8) is 0 Å². The van der Waals surface area contributed by atoms with E-state index in [1.54, 1.807) is 24.3 Å². The van der Waals surface area contributed by atoms with Gasteiger partial charge in [0.25, 0.3) is 5.91 Å². The number of hydrogen-bond acceptors (Lipinski definition) is 5. The van der Waals surface area contributed by atoms with Crippen LogP contribution >= 0.6 is 12.2 Å². The molecule has 1 amide bonds. The second-order valence-electron chi connectivity index (χ2n) is 8.58. The fraction of sp³-hybridized carbons (Fsp3) is 0.222. The van der Waals surface area contributed by atoms with Crippen LogP contribution in [0.4, 0.5) is 5.69 Å². The molecule has 6 nitrogen and oxygen atoms in total. The highest BCUT2D eigenvalue weighted by Gasteiger charge is 2.12. The van der Waals surface area contributed by atoms with E-state index in [9.17, 15) is 4.79 Å². The first-order valence-electron chi connectivity index (χ1n) is 11.2. The number of fused-ring (bicyclic) bond motifs is 1. The van der Waals surface area contributed by atoms with Crippen LogP contribution in [0.15, 0.2) is 71.1 Å². The summed E-state index contributed by atoms with van der Waals surface area (Å²) in [5.74, 6) is 1.35. The first-order valence-corrected chi connectivity index (χ1v) is 11.6. The Balaban J connectivity index is 1.43. The number of hydrogen-bond donors (Lipinski definition) is 2. The smallest absolute Gasteiger partial charge is 0.257 e. The van der Waals surface area contributed by atoms with Gasteiger partial charge in [-0.3, -0.25) is 10.1 Å². The third-order valence-electron chi connectivity index (χ3n) is 5.16. The summed E-state index contributed by atoms with van der Waals surface area (Å²) in [6, 6.07) is 20.5. The molecular weight excluding hydrogens is 446 g/mol. The standard InChI is InChI=1S/C27H27N3O3S/c1-16(2)19-10-13-24-23(15-19)29-26(33-24)20-6-5-7-21(14-20)28-27(34)30-25(31)18-8-11-22(12-9-18)32-17(3)4/h5-17H,1-4H3,(H2,28,30,31,34). The molecule has 2 N–H and O–H groups in total. The minimum atomic E-state index is -0.301. The molecule has 3 aromatic carbocycles. The number of amides is 1. The van der Waals surface area contributed by atoms with Gasteiger partial charge < -0.3 is 14.5 Å². The van der Waals surface area contributed by atoms with Crippen LogP contribution in [0.1, 0.15) is 49.5 Å². The van der Waals surface area contributed by atoms with E-state index in [2.05, 4.69) is 41.6 Å². The minimum absolute atomic E-state index is 0.0690. The van der Waals surface area contributed by atoms with Crippen molar-refractivity contribution in [2.75, 3.05) is 5.32 Å². The van der Waals surface area contributed by atoms with E-state index in [1.165, 1.54) is 5.56 Å². The van der Waals surface area contributed by atoms with E-state index in [0.717, 1.165) is 16.7 Å². The van der Waals surface area contributed by atoms with Crippen molar-refractivity contribution in [2.45, 2.75) is 39.7 Å². The fourth-order valence-corrected chi connectivity index (χ4v) is 3.66. The molecule has 0 aliphatic carbocycles. The first kappa shape index (κ1) is 23.4. The van der Waals surface area contributed by atoms with Crippen molar-refractivity contribution in [1.82, 2.24) is 10.3 Å². The topological polar surface area (TPSA) is 76.4 Å². The van der Waals surface area contributed by atoms with Crippen LogP contribution < -0.4 is 15.4 Å². The average Bonchev–Trinajstić information content (AvgIpc) is 3.22. The molecule has 0 bridgehead atoms. The van der Waals surface area contributed by atoms with Crippen molar-refractivity contribution < 1.29 is 13.9 Å². The molecule has 0 spiro atoms. The predicted molar refractivity (Wildman–Crippen MR) is 139 cm³/mol. The van der Waals surface area contributed by atoms with E-state index in [1.807, 2.05) is 44.2 Å². The largest absolute Gasteiger partial charge is 0.491 e. The average molecular weight is 474 g/mol. The maximum Gasteiger partial charge on any atom is 0.257 e. The molecular formula is C27H27N3O3S. The summed E-state index contributed by atoms with van der Waals surface area (Å²) in [5.41, 5.74) is 4.79. The fourth-order valence-electron chi connectivity index (χ4n) is 3.45. The van der Waals surface area contributed by atoms with Gasteiger partial charge in [-0.25, -0.2) is 4.98 Å². The molecule has 7 heteroatoms. The van der Waals surface area contributed by atoms with Crippen molar-refractivity contribution in [2.24, 2.45) is 0 Å². The molecule has 0 fully saturated rings. The molecule has 4 aromatic rings. The summed E-state index contributed by atoms with van der Waals surface area (Å²) in [7, 11) is 0. The Bertz CT molecular complexity index is 1330. The Hall–Kier alpha value is -3.71. The SMILES string of the molecule is CC(C)Oc1ccc(C(=O)NC(=S)Nc2cccc(-c3nc4cc(C(C)C)ccc4o3)c2)cc1. The summed E-state index contributed by atoms with van der Waals surface area (Å²) >= 11 is 5.34. The highest BCUT2D eigenvalue weighted by molar-refractivity contribution is 7.80. The lowest BCUT2D eigenvalue weighted by molar-refractivity contribution is 0.0977. The summed E-state index contributed by atoms with van der Waals surface area (Å²) < 4.78 is 11.6. The van der Waals surface area contributed by atoms with Gasteiger partial charge in [0.05, 0.1) is 6.10 Å². The quantitative estimate of drug-likeness (QED) is 0.310. The van der Waals surface area contributed by atoms with E-state index >= 15 is 0 Å². The number of thiocarbonyl (C=S) groups is 1. The molecule has 1 heterocycles. The number of nitrogens with one attached hydrogen (secondary N) is 2. The van der Waals surface area contributed by atoms with Gasteiger partial charge >= 0.3 is 0 Å². The van der Waals surface area contributed by atoms with Crippen LogP contribution in [0.3, 0.4) is 0 Å². The number of aromatic nitrogens is 1. The van der Waals surface area contributed by atoms with Crippen LogP contribution in [-0.4, -0.2) is 22.1 Å². The molecule has 0 saturated heterocycles. The van der Waals surface area contributed by atoms with E-state index in [-0.39, 0.29) is 17.1 Å². The zero-order valence-corrected chi connectivity index (χ0v) is 20.4. The maximum atomic E-state index is 12.5. The number of ether oxygens (including phenoxy) is 1. The molecule has 0 atom stereocenters. The van der Waals surface area contributed by atoms with Crippen molar-refractivity contribution in [3.05, 3.63) is 77.9 Å². The van der Waals surface area contributed by atoms with E-state index in [0.29, 0.717) is 28.8 Å². The Morgan fingerprint density at radius 2 is 1.76 bits per heavy atom. The maximum absolute atomic E-state index is 12.5. The highest BCUT2D eigenvalue weighted by atomic mass is 32.1. The highest BCUT2D eigenvalue weighted by Crippen LogP contribution is 2.28. The van der Waals surface area contributed by atoms with Crippen LogP contribution in [0, 0.1) is 0 Å². The number of benzene rings is 3.